The average molecular weight is 266 g/mol. The first kappa shape index (κ1) is 29.3. The summed E-state index contributed by atoms with van der Waals surface area (Å²) in [5.41, 5.74) is 0. The van der Waals surface area contributed by atoms with Crippen molar-refractivity contribution in [3.63, 3.8) is 0 Å². The van der Waals surface area contributed by atoms with Gasteiger partial charge in [-0.25, -0.2) is 4.57 Å². The third-order valence-electron chi connectivity index (χ3n) is 0. The van der Waals surface area contributed by atoms with Crippen LogP contribution in [-0.2, 0) is 4.57 Å². The standard InChI is InChI=1S/Al.Na.H3O4P.H4O4Si.H2O.4H/c;;2*1-5(2,3)4;;;;;/h;;(H3,1,2,3,4);1-4H;1H2;;;;/q;+1;;;;;;;-1. The molecule has 0 heterocycles. The fourth-order valence-corrected chi connectivity index (χ4v) is 0. The van der Waals surface area contributed by atoms with Crippen LogP contribution in [0.4, 0.5) is 0 Å². The number of rotatable bonds is 0. The minimum Gasteiger partial charge on any atom is -1.00 e. The van der Waals surface area contributed by atoms with Crippen molar-refractivity contribution in [1.82, 2.24) is 0 Å². The van der Waals surface area contributed by atoms with Crippen LogP contribution in [0.5, 0.6) is 0 Å². The predicted molar refractivity (Wildman–Crippen MR) is 43.6 cm³/mol. The molecule has 0 saturated heterocycles. The van der Waals surface area contributed by atoms with Crippen molar-refractivity contribution >= 4 is 34.2 Å². The first-order chi connectivity index (χ1) is 4.00. The summed E-state index contributed by atoms with van der Waals surface area (Å²) in [7, 11) is -9.25. The quantitative estimate of drug-likeness (QED) is 0.166. The molecule has 0 saturated carbocycles. The summed E-state index contributed by atoms with van der Waals surface area (Å²) in [6, 6.07) is 0. The van der Waals surface area contributed by atoms with Crippen LogP contribution < -0.4 is 29.6 Å². The second-order valence-electron chi connectivity index (χ2n) is 1.11. The Bertz CT molecular complexity index is 117. The van der Waals surface area contributed by atoms with Gasteiger partial charge in [-0.05, 0) is 0 Å². The topological polar surface area (TPSA) is 190 Å². The maximum absolute atomic E-state index is 8.88. The first-order valence-electron chi connectivity index (χ1n) is 1.68. The molecule has 0 spiro atoms. The minimum absolute atomic E-state index is 0. The van der Waals surface area contributed by atoms with Crippen LogP contribution in [0.2, 0.25) is 0 Å². The largest absolute Gasteiger partial charge is 1.00 e. The van der Waals surface area contributed by atoms with E-state index in [4.69, 9.17) is 38.4 Å². The van der Waals surface area contributed by atoms with Crippen LogP contribution >= 0.6 is 7.82 Å². The second-order valence-corrected chi connectivity index (χ2v) is 3.34. The van der Waals surface area contributed by atoms with Gasteiger partial charge in [-0.2, -0.15) is 0 Å². The van der Waals surface area contributed by atoms with Crippen LogP contribution in [0, 0.1) is 0 Å². The SMILES string of the molecule is O.O=P(O)(O)O.O[Si](O)(O)O.[AlH3].[H-].[Na+]. The van der Waals surface area contributed by atoms with Gasteiger partial charge in [0.05, 0.1) is 0 Å². The summed E-state index contributed by atoms with van der Waals surface area (Å²) < 4.78 is 8.88. The molecule has 0 radical (unpaired) electrons. The molecule has 80 valence electrons. The first-order valence-corrected chi connectivity index (χ1v) is 5.03. The van der Waals surface area contributed by atoms with Gasteiger partial charge < -0.3 is 40.8 Å². The zero-order valence-corrected chi connectivity index (χ0v) is 9.88. The zero-order chi connectivity index (χ0) is 9.00. The third kappa shape index (κ3) is 674. The summed E-state index contributed by atoms with van der Waals surface area (Å²) in [4.78, 5) is 50.9. The molecule has 0 aliphatic rings. The Morgan fingerprint density at radius 3 is 1.00 bits per heavy atom. The van der Waals surface area contributed by atoms with E-state index in [1.165, 1.54) is 0 Å². The molecule has 0 aliphatic heterocycles. The molecule has 9 nitrogen and oxygen atoms in total. The van der Waals surface area contributed by atoms with E-state index in [0.717, 1.165) is 0 Å². The van der Waals surface area contributed by atoms with Gasteiger partial charge in [-0.1, -0.05) is 0 Å². The maximum Gasteiger partial charge on any atom is 1.00 e. The molecule has 0 atom stereocenters. The molecule has 0 aromatic rings. The maximum atomic E-state index is 8.88. The Balaban J connectivity index is -0.0000000178. The molecule has 9 N–H and O–H groups in total. The van der Waals surface area contributed by atoms with E-state index < -0.39 is 16.9 Å². The minimum atomic E-state index is -4.64. The molecule has 0 aromatic heterocycles. The molecular formula is H13AlNaO9PSi. The van der Waals surface area contributed by atoms with Gasteiger partial charge in [0.2, 0.25) is 0 Å². The monoisotopic (exact) mass is 266 g/mol. The second kappa shape index (κ2) is 11.7. The van der Waals surface area contributed by atoms with E-state index in [-0.39, 0.29) is 53.8 Å². The van der Waals surface area contributed by atoms with E-state index >= 15 is 0 Å². The van der Waals surface area contributed by atoms with Crippen molar-refractivity contribution in [3.8, 4) is 0 Å². The Labute approximate surface area is 109 Å². The van der Waals surface area contributed by atoms with Gasteiger partial charge in [-0.15, -0.1) is 0 Å². The van der Waals surface area contributed by atoms with Crippen molar-refractivity contribution in [2.24, 2.45) is 0 Å². The fraction of sp³-hybridized carbons (Fsp3) is 0. The molecule has 13 heavy (non-hydrogen) atoms. The van der Waals surface area contributed by atoms with Crippen LogP contribution in [-0.4, -0.2) is 65.7 Å². The summed E-state index contributed by atoms with van der Waals surface area (Å²) in [6.07, 6.45) is 0. The summed E-state index contributed by atoms with van der Waals surface area (Å²) in [5.74, 6) is 0. The van der Waals surface area contributed by atoms with Gasteiger partial charge in [0.1, 0.15) is 0 Å². The van der Waals surface area contributed by atoms with E-state index in [2.05, 4.69) is 0 Å². The van der Waals surface area contributed by atoms with E-state index in [1.54, 1.807) is 0 Å². The predicted octanol–water partition coefficient (Wildman–Crippen LogP) is -8.43. The zero-order valence-electron chi connectivity index (χ0n) is 6.99. The van der Waals surface area contributed by atoms with Gasteiger partial charge in [0.15, 0.2) is 17.4 Å². The molecule has 0 rings (SSSR count). The van der Waals surface area contributed by atoms with Gasteiger partial charge in [-0.3, -0.25) is 0 Å². The van der Waals surface area contributed by atoms with Crippen LogP contribution in [0.25, 0.3) is 0 Å². The molecule has 0 fully saturated rings. The number of hydrogen-bond donors (Lipinski definition) is 7. The van der Waals surface area contributed by atoms with Gasteiger partial charge in [0.25, 0.3) is 0 Å². The Morgan fingerprint density at radius 2 is 1.00 bits per heavy atom. The molecule has 13 heteroatoms. The molecule has 0 unspecified atom stereocenters. The van der Waals surface area contributed by atoms with Crippen molar-refractivity contribution in [3.05, 3.63) is 0 Å². The van der Waals surface area contributed by atoms with Crippen molar-refractivity contribution in [1.29, 1.82) is 0 Å². The fourth-order valence-electron chi connectivity index (χ4n) is 0. The van der Waals surface area contributed by atoms with Gasteiger partial charge >= 0.3 is 46.4 Å². The van der Waals surface area contributed by atoms with E-state index in [0.29, 0.717) is 0 Å². The third-order valence-corrected chi connectivity index (χ3v) is 0. The summed E-state index contributed by atoms with van der Waals surface area (Å²) in [5, 5.41) is 0. The van der Waals surface area contributed by atoms with Crippen LogP contribution in [0.3, 0.4) is 0 Å². The van der Waals surface area contributed by atoms with Crippen molar-refractivity contribution in [2.75, 3.05) is 0 Å². The van der Waals surface area contributed by atoms with E-state index in [9.17, 15) is 0 Å². The Morgan fingerprint density at radius 1 is 1.00 bits per heavy atom. The smallest absolute Gasteiger partial charge is 1.00 e. The Kier molecular flexibility index (Phi) is 26.5. The number of hydrogen-bond acceptors (Lipinski definition) is 5. The normalized spacial score (nSPS) is 9.15. The number of phosphoric acid groups is 1. The molecule has 0 aliphatic carbocycles. The van der Waals surface area contributed by atoms with Crippen molar-refractivity contribution < 1.29 is 74.9 Å². The molecule has 0 aromatic carbocycles. The summed E-state index contributed by atoms with van der Waals surface area (Å²) >= 11 is 0. The molecular weight excluding hydrogens is 253 g/mol. The van der Waals surface area contributed by atoms with Crippen LogP contribution in [0.1, 0.15) is 1.43 Å². The summed E-state index contributed by atoms with van der Waals surface area (Å²) in [6.45, 7) is 0. The van der Waals surface area contributed by atoms with Crippen molar-refractivity contribution in [2.45, 2.75) is 0 Å². The van der Waals surface area contributed by atoms with Gasteiger partial charge in [0, 0.05) is 0 Å². The molecule has 0 bridgehead atoms. The Hall–Kier alpha value is 1.66. The van der Waals surface area contributed by atoms with Crippen LogP contribution in [0.15, 0.2) is 0 Å². The van der Waals surface area contributed by atoms with E-state index in [1.807, 2.05) is 0 Å². The molecule has 0 amide bonds. The average Bonchev–Trinajstić information content (AvgIpc) is 1.12.